The van der Waals surface area contributed by atoms with Crippen molar-refractivity contribution in [2.24, 2.45) is 13.0 Å². The summed E-state index contributed by atoms with van der Waals surface area (Å²) < 4.78 is 7.63. The molecule has 1 aromatic heterocycles. The Labute approximate surface area is 204 Å². The molecular weight excluding hydrogens is 459 g/mol. The van der Waals surface area contributed by atoms with Gasteiger partial charge in [0, 0.05) is 48.6 Å². The standard InChI is InChI=1S/C26H30Cl2N2O3/c1-16-10-20(33-3)14-24-21(16)12-19(29(24)2)13-22-23(27)5-4-18(26(22)28)15-30-8-6-17(7-9-30)11-25(31)32/h4-5,10,12,14,17H,6-9,11,13,15H2,1-3H3,(H,31,32). The molecule has 4 rings (SSSR count). The molecular formula is C26H30Cl2N2O3. The molecule has 1 fully saturated rings. The van der Waals surface area contributed by atoms with Crippen molar-refractivity contribution in [3.63, 3.8) is 0 Å². The van der Waals surface area contributed by atoms with Gasteiger partial charge in [-0.05, 0) is 73.7 Å². The Morgan fingerprint density at radius 1 is 1.18 bits per heavy atom. The molecule has 3 aromatic rings. The number of likely N-dealkylation sites (tertiary alicyclic amines) is 1. The van der Waals surface area contributed by atoms with Crippen molar-refractivity contribution in [1.29, 1.82) is 0 Å². The molecule has 1 N–H and O–H groups in total. The molecule has 0 spiro atoms. The molecule has 0 saturated carbocycles. The minimum atomic E-state index is -0.708. The summed E-state index contributed by atoms with van der Waals surface area (Å²) in [6.45, 7) is 4.61. The van der Waals surface area contributed by atoms with Crippen molar-refractivity contribution in [2.45, 2.75) is 39.2 Å². The first-order valence-electron chi connectivity index (χ1n) is 11.3. The number of halogens is 2. The fourth-order valence-corrected chi connectivity index (χ4v) is 5.43. The Bertz CT molecular complexity index is 1180. The van der Waals surface area contributed by atoms with Gasteiger partial charge in [0.1, 0.15) is 5.75 Å². The van der Waals surface area contributed by atoms with Crippen LogP contribution in [0.4, 0.5) is 0 Å². The molecule has 0 atom stereocenters. The SMILES string of the molecule is COc1cc(C)c2cc(Cc3c(Cl)ccc(CN4CCC(CC(=O)O)CC4)c3Cl)n(C)c2c1. The molecule has 33 heavy (non-hydrogen) atoms. The van der Waals surface area contributed by atoms with Gasteiger partial charge in [0.05, 0.1) is 17.6 Å². The summed E-state index contributed by atoms with van der Waals surface area (Å²) in [5, 5.41) is 11.6. The first kappa shape index (κ1) is 23.9. The van der Waals surface area contributed by atoms with E-state index in [9.17, 15) is 4.79 Å². The number of aromatic nitrogens is 1. The van der Waals surface area contributed by atoms with E-state index in [0.29, 0.717) is 11.4 Å². The summed E-state index contributed by atoms with van der Waals surface area (Å²) >= 11 is 13.5. The number of methoxy groups -OCH3 is 1. The highest BCUT2D eigenvalue weighted by Gasteiger charge is 2.23. The van der Waals surface area contributed by atoms with E-state index in [1.165, 1.54) is 10.9 Å². The molecule has 1 aliphatic heterocycles. The van der Waals surface area contributed by atoms with Gasteiger partial charge in [-0.15, -0.1) is 0 Å². The lowest BCUT2D eigenvalue weighted by molar-refractivity contribution is -0.138. The van der Waals surface area contributed by atoms with Crippen molar-refractivity contribution in [3.05, 3.63) is 62.8 Å². The van der Waals surface area contributed by atoms with Crippen LogP contribution in [-0.2, 0) is 24.8 Å². The van der Waals surface area contributed by atoms with Crippen LogP contribution in [0, 0.1) is 12.8 Å². The third-order valence-electron chi connectivity index (χ3n) is 6.87. The number of aliphatic carboxylic acids is 1. The largest absolute Gasteiger partial charge is 0.497 e. The fourth-order valence-electron chi connectivity index (χ4n) is 4.87. The number of carboxylic acid groups (broad SMARTS) is 1. The monoisotopic (exact) mass is 488 g/mol. The van der Waals surface area contributed by atoms with Crippen LogP contribution >= 0.6 is 23.2 Å². The van der Waals surface area contributed by atoms with Crippen molar-refractivity contribution >= 4 is 40.1 Å². The minimum Gasteiger partial charge on any atom is -0.497 e. The van der Waals surface area contributed by atoms with Crippen LogP contribution in [-0.4, -0.2) is 40.7 Å². The summed E-state index contributed by atoms with van der Waals surface area (Å²) in [6, 6.07) is 10.3. The zero-order valence-corrected chi connectivity index (χ0v) is 20.8. The number of piperidine rings is 1. The molecule has 2 heterocycles. The van der Waals surface area contributed by atoms with Crippen LogP contribution in [0.2, 0.25) is 10.0 Å². The molecule has 5 nitrogen and oxygen atoms in total. The van der Waals surface area contributed by atoms with E-state index in [-0.39, 0.29) is 12.3 Å². The Morgan fingerprint density at radius 3 is 2.58 bits per heavy atom. The van der Waals surface area contributed by atoms with Crippen LogP contribution in [0.15, 0.2) is 30.3 Å². The van der Waals surface area contributed by atoms with E-state index >= 15 is 0 Å². The Hall–Kier alpha value is -2.21. The Morgan fingerprint density at radius 2 is 1.91 bits per heavy atom. The Kier molecular flexibility index (Phi) is 7.22. The molecule has 0 bridgehead atoms. The summed E-state index contributed by atoms with van der Waals surface area (Å²) in [4.78, 5) is 13.3. The van der Waals surface area contributed by atoms with E-state index in [1.807, 2.05) is 18.2 Å². The van der Waals surface area contributed by atoms with E-state index in [4.69, 9.17) is 33.0 Å². The van der Waals surface area contributed by atoms with Gasteiger partial charge in [0.15, 0.2) is 0 Å². The number of carbonyl (C=O) groups is 1. The highest BCUT2D eigenvalue weighted by atomic mass is 35.5. The maximum absolute atomic E-state index is 11.0. The van der Waals surface area contributed by atoms with Gasteiger partial charge in [-0.2, -0.15) is 0 Å². The lowest BCUT2D eigenvalue weighted by atomic mass is 9.93. The number of rotatable bonds is 7. The van der Waals surface area contributed by atoms with Crippen molar-refractivity contribution in [2.75, 3.05) is 20.2 Å². The van der Waals surface area contributed by atoms with E-state index in [1.54, 1.807) is 7.11 Å². The van der Waals surface area contributed by atoms with E-state index in [0.717, 1.165) is 65.6 Å². The van der Waals surface area contributed by atoms with Crippen molar-refractivity contribution in [1.82, 2.24) is 9.47 Å². The van der Waals surface area contributed by atoms with Crippen LogP contribution in [0.1, 0.15) is 41.6 Å². The first-order valence-corrected chi connectivity index (χ1v) is 12.0. The number of fused-ring (bicyclic) bond motifs is 1. The molecule has 2 aromatic carbocycles. The van der Waals surface area contributed by atoms with Crippen LogP contribution in [0.25, 0.3) is 10.9 Å². The van der Waals surface area contributed by atoms with Gasteiger partial charge in [-0.25, -0.2) is 0 Å². The quantitative estimate of drug-likeness (QED) is 0.437. The maximum Gasteiger partial charge on any atom is 0.303 e. The fraction of sp³-hybridized carbons (Fsp3) is 0.423. The van der Waals surface area contributed by atoms with E-state index < -0.39 is 5.97 Å². The van der Waals surface area contributed by atoms with Crippen LogP contribution < -0.4 is 4.74 Å². The third-order valence-corrected chi connectivity index (χ3v) is 7.69. The van der Waals surface area contributed by atoms with Gasteiger partial charge in [0.25, 0.3) is 0 Å². The minimum absolute atomic E-state index is 0.260. The van der Waals surface area contributed by atoms with Crippen molar-refractivity contribution in [3.8, 4) is 5.75 Å². The van der Waals surface area contributed by atoms with Gasteiger partial charge in [-0.1, -0.05) is 29.3 Å². The third kappa shape index (κ3) is 5.16. The molecule has 0 aliphatic carbocycles. The number of ether oxygens (including phenoxy) is 1. The first-order chi connectivity index (χ1) is 15.8. The normalized spacial score (nSPS) is 15.3. The number of carboxylic acids is 1. The zero-order chi connectivity index (χ0) is 23.7. The predicted octanol–water partition coefficient (Wildman–Crippen LogP) is 6.08. The molecule has 176 valence electrons. The van der Waals surface area contributed by atoms with Crippen LogP contribution in [0.3, 0.4) is 0 Å². The smallest absolute Gasteiger partial charge is 0.303 e. The number of benzene rings is 2. The molecule has 1 aliphatic rings. The number of nitrogens with zero attached hydrogens (tertiary/aromatic N) is 2. The van der Waals surface area contributed by atoms with Gasteiger partial charge in [0.2, 0.25) is 0 Å². The summed E-state index contributed by atoms with van der Waals surface area (Å²) in [5.41, 5.74) is 5.42. The summed E-state index contributed by atoms with van der Waals surface area (Å²) in [7, 11) is 3.74. The topological polar surface area (TPSA) is 54.7 Å². The average Bonchev–Trinajstić information content (AvgIpc) is 3.10. The lowest BCUT2D eigenvalue weighted by Crippen LogP contribution is -2.34. The van der Waals surface area contributed by atoms with Gasteiger partial charge in [-0.3, -0.25) is 9.69 Å². The maximum atomic E-state index is 11.0. The lowest BCUT2D eigenvalue weighted by Gasteiger charge is -2.31. The predicted molar refractivity (Wildman–Crippen MR) is 134 cm³/mol. The average molecular weight is 489 g/mol. The highest BCUT2D eigenvalue weighted by Crippen LogP contribution is 2.34. The Balaban J connectivity index is 1.55. The second-order valence-corrected chi connectivity index (χ2v) is 9.85. The molecule has 0 amide bonds. The van der Waals surface area contributed by atoms with E-state index in [2.05, 4.69) is 35.6 Å². The number of hydrogen-bond donors (Lipinski definition) is 1. The number of hydrogen-bond acceptors (Lipinski definition) is 3. The van der Waals surface area contributed by atoms with Crippen LogP contribution in [0.5, 0.6) is 5.75 Å². The summed E-state index contributed by atoms with van der Waals surface area (Å²) in [5.74, 6) is 0.405. The van der Waals surface area contributed by atoms with Gasteiger partial charge < -0.3 is 14.4 Å². The summed E-state index contributed by atoms with van der Waals surface area (Å²) in [6.07, 6.45) is 2.71. The second kappa shape index (κ2) is 9.96. The molecule has 0 unspecified atom stereocenters. The molecule has 0 radical (unpaired) electrons. The molecule has 7 heteroatoms. The zero-order valence-electron chi connectivity index (χ0n) is 19.3. The van der Waals surface area contributed by atoms with Crippen molar-refractivity contribution < 1.29 is 14.6 Å². The second-order valence-electron chi connectivity index (χ2n) is 9.06. The number of aryl methyl sites for hydroxylation is 2. The van der Waals surface area contributed by atoms with Gasteiger partial charge >= 0.3 is 5.97 Å². The highest BCUT2D eigenvalue weighted by molar-refractivity contribution is 6.36. The molecule has 1 saturated heterocycles.